The van der Waals surface area contributed by atoms with E-state index in [0.717, 1.165) is 36.7 Å². The molecule has 0 aliphatic heterocycles. The Hall–Kier alpha value is -3.22. The van der Waals surface area contributed by atoms with E-state index >= 15 is 0 Å². The normalized spacial score (nSPS) is 10.6. The molecule has 0 saturated heterocycles. The molecule has 0 unspecified atom stereocenters. The molecule has 1 amide bonds. The zero-order chi connectivity index (χ0) is 19.1. The van der Waals surface area contributed by atoms with Crippen molar-refractivity contribution in [1.82, 2.24) is 24.8 Å². The molecule has 1 N–H and O–H groups in total. The summed E-state index contributed by atoms with van der Waals surface area (Å²) in [5.74, 6) is 1.52. The van der Waals surface area contributed by atoms with Gasteiger partial charge in [0.05, 0.1) is 5.56 Å². The van der Waals surface area contributed by atoms with Gasteiger partial charge in [-0.1, -0.05) is 6.92 Å². The number of rotatable bonds is 8. The van der Waals surface area contributed by atoms with Gasteiger partial charge in [-0.25, -0.2) is 15.0 Å². The van der Waals surface area contributed by atoms with Crippen LogP contribution in [0.5, 0.6) is 0 Å². The Morgan fingerprint density at radius 3 is 2.74 bits per heavy atom. The Kier molecular flexibility index (Phi) is 6.14. The first-order chi connectivity index (χ1) is 13.2. The highest BCUT2D eigenvalue weighted by atomic mass is 16.1. The zero-order valence-corrected chi connectivity index (χ0v) is 15.7. The van der Waals surface area contributed by atoms with Gasteiger partial charge in [-0.2, -0.15) is 0 Å². The fraction of sp³-hybridized carbons (Fsp3) is 0.300. The van der Waals surface area contributed by atoms with E-state index < -0.39 is 0 Å². The second-order valence-corrected chi connectivity index (χ2v) is 6.16. The average Bonchev–Trinajstić information content (AvgIpc) is 3.25. The quantitative estimate of drug-likeness (QED) is 0.665. The molecule has 0 aliphatic rings. The lowest BCUT2D eigenvalue weighted by Crippen LogP contribution is -2.25. The molecule has 7 heteroatoms. The van der Waals surface area contributed by atoms with Crippen LogP contribution in [-0.2, 0) is 6.54 Å². The SMILES string of the molecule is CCCN(CC)c1ccc(C(=O)NCc2ccnc(-n3ccnc3)c2)cn1. The van der Waals surface area contributed by atoms with Gasteiger partial charge < -0.3 is 10.2 Å². The van der Waals surface area contributed by atoms with Gasteiger partial charge in [0.25, 0.3) is 5.91 Å². The number of nitrogens with zero attached hydrogens (tertiary/aromatic N) is 5. The molecule has 0 saturated carbocycles. The van der Waals surface area contributed by atoms with Gasteiger partial charge in [0.1, 0.15) is 18.0 Å². The number of anilines is 1. The van der Waals surface area contributed by atoms with Crippen molar-refractivity contribution in [3.8, 4) is 5.82 Å². The van der Waals surface area contributed by atoms with Crippen LogP contribution in [0.15, 0.2) is 55.4 Å². The molecule has 0 spiro atoms. The van der Waals surface area contributed by atoms with Crippen LogP contribution in [0, 0.1) is 0 Å². The lowest BCUT2D eigenvalue weighted by Gasteiger charge is -2.21. The van der Waals surface area contributed by atoms with Gasteiger partial charge in [-0.05, 0) is 43.2 Å². The lowest BCUT2D eigenvalue weighted by atomic mass is 10.2. The number of pyridine rings is 2. The minimum absolute atomic E-state index is 0.145. The molecule has 3 heterocycles. The van der Waals surface area contributed by atoms with Crippen LogP contribution in [0.2, 0.25) is 0 Å². The molecule has 0 fully saturated rings. The highest BCUT2D eigenvalue weighted by Gasteiger charge is 2.09. The topological polar surface area (TPSA) is 75.9 Å². The van der Waals surface area contributed by atoms with Crippen molar-refractivity contribution in [2.24, 2.45) is 0 Å². The van der Waals surface area contributed by atoms with E-state index in [4.69, 9.17) is 0 Å². The van der Waals surface area contributed by atoms with Crippen LogP contribution >= 0.6 is 0 Å². The predicted molar refractivity (Wildman–Crippen MR) is 105 cm³/mol. The van der Waals surface area contributed by atoms with E-state index in [-0.39, 0.29) is 5.91 Å². The number of aromatic nitrogens is 4. The van der Waals surface area contributed by atoms with E-state index in [0.29, 0.717) is 12.1 Å². The van der Waals surface area contributed by atoms with Gasteiger partial charge in [0.15, 0.2) is 0 Å². The number of carbonyl (C=O) groups is 1. The van der Waals surface area contributed by atoms with Crippen molar-refractivity contribution in [2.75, 3.05) is 18.0 Å². The van der Waals surface area contributed by atoms with Crippen LogP contribution in [0.25, 0.3) is 5.82 Å². The summed E-state index contributed by atoms with van der Waals surface area (Å²) >= 11 is 0. The molecule has 0 bridgehead atoms. The summed E-state index contributed by atoms with van der Waals surface area (Å²) in [6, 6.07) is 7.52. The van der Waals surface area contributed by atoms with Crippen molar-refractivity contribution in [3.63, 3.8) is 0 Å². The first kappa shape index (κ1) is 18.6. The van der Waals surface area contributed by atoms with Crippen molar-refractivity contribution in [2.45, 2.75) is 26.8 Å². The van der Waals surface area contributed by atoms with Crippen LogP contribution in [0.3, 0.4) is 0 Å². The molecule has 7 nitrogen and oxygen atoms in total. The standard InChI is InChI=1S/C20H24N6O/c1-3-10-25(4-2)18-6-5-17(14-23-18)20(27)24-13-16-7-8-22-19(12-16)26-11-9-21-15-26/h5-9,11-12,14-15H,3-4,10,13H2,1-2H3,(H,24,27). The number of imidazole rings is 1. The third-order valence-electron chi connectivity index (χ3n) is 4.24. The first-order valence-corrected chi connectivity index (χ1v) is 9.13. The monoisotopic (exact) mass is 364 g/mol. The molecule has 0 aromatic carbocycles. The highest BCUT2D eigenvalue weighted by Crippen LogP contribution is 2.12. The van der Waals surface area contributed by atoms with E-state index in [2.05, 4.69) is 39.0 Å². The second-order valence-electron chi connectivity index (χ2n) is 6.16. The van der Waals surface area contributed by atoms with E-state index in [1.807, 2.05) is 35.0 Å². The van der Waals surface area contributed by atoms with Crippen LogP contribution in [0.4, 0.5) is 5.82 Å². The molecule has 0 aliphatic carbocycles. The molecule has 0 radical (unpaired) electrons. The van der Waals surface area contributed by atoms with Crippen molar-refractivity contribution >= 4 is 11.7 Å². The highest BCUT2D eigenvalue weighted by molar-refractivity contribution is 5.94. The summed E-state index contributed by atoms with van der Waals surface area (Å²) in [4.78, 5) is 27.4. The predicted octanol–water partition coefficient (Wildman–Crippen LogP) is 2.83. The number of hydrogen-bond acceptors (Lipinski definition) is 5. The molecule has 27 heavy (non-hydrogen) atoms. The minimum Gasteiger partial charge on any atom is -0.357 e. The third-order valence-corrected chi connectivity index (χ3v) is 4.24. The van der Waals surface area contributed by atoms with Crippen molar-refractivity contribution < 1.29 is 4.79 Å². The van der Waals surface area contributed by atoms with Gasteiger partial charge in [-0.15, -0.1) is 0 Å². The maximum absolute atomic E-state index is 12.4. The third kappa shape index (κ3) is 4.69. The van der Waals surface area contributed by atoms with Crippen molar-refractivity contribution in [1.29, 1.82) is 0 Å². The van der Waals surface area contributed by atoms with Crippen LogP contribution in [-0.4, -0.2) is 38.5 Å². The van der Waals surface area contributed by atoms with Gasteiger partial charge in [0, 0.05) is 44.4 Å². The first-order valence-electron chi connectivity index (χ1n) is 9.13. The largest absolute Gasteiger partial charge is 0.357 e. The average molecular weight is 364 g/mol. The number of hydrogen-bond donors (Lipinski definition) is 1. The van der Waals surface area contributed by atoms with E-state index in [1.54, 1.807) is 24.9 Å². The van der Waals surface area contributed by atoms with Gasteiger partial charge >= 0.3 is 0 Å². The fourth-order valence-electron chi connectivity index (χ4n) is 2.80. The van der Waals surface area contributed by atoms with E-state index in [1.165, 1.54) is 0 Å². The maximum atomic E-state index is 12.4. The molecule has 3 rings (SSSR count). The molecular formula is C20H24N6O. The lowest BCUT2D eigenvalue weighted by molar-refractivity contribution is 0.0950. The smallest absolute Gasteiger partial charge is 0.253 e. The van der Waals surface area contributed by atoms with Gasteiger partial charge in [-0.3, -0.25) is 9.36 Å². The van der Waals surface area contributed by atoms with Gasteiger partial charge in [0.2, 0.25) is 0 Å². The Labute approximate surface area is 159 Å². The Bertz CT molecular complexity index is 860. The second kappa shape index (κ2) is 8.93. The number of amides is 1. The molecule has 0 atom stereocenters. The molecule has 3 aromatic rings. The molecule has 3 aromatic heterocycles. The number of carbonyl (C=O) groups excluding carboxylic acids is 1. The van der Waals surface area contributed by atoms with Crippen molar-refractivity contribution in [3.05, 3.63) is 66.5 Å². The zero-order valence-electron chi connectivity index (χ0n) is 15.7. The number of nitrogens with one attached hydrogen (secondary N) is 1. The summed E-state index contributed by atoms with van der Waals surface area (Å²) in [5.41, 5.74) is 1.52. The summed E-state index contributed by atoms with van der Waals surface area (Å²) in [7, 11) is 0. The van der Waals surface area contributed by atoms with E-state index in [9.17, 15) is 4.79 Å². The molecule has 140 valence electrons. The summed E-state index contributed by atoms with van der Waals surface area (Å²) in [6.07, 6.45) is 9.64. The fourth-order valence-corrected chi connectivity index (χ4v) is 2.80. The Morgan fingerprint density at radius 1 is 1.19 bits per heavy atom. The molecular weight excluding hydrogens is 340 g/mol. The summed E-state index contributed by atoms with van der Waals surface area (Å²) < 4.78 is 1.82. The Balaban J connectivity index is 1.62. The maximum Gasteiger partial charge on any atom is 0.253 e. The summed E-state index contributed by atoms with van der Waals surface area (Å²) in [6.45, 7) is 6.51. The summed E-state index contributed by atoms with van der Waals surface area (Å²) in [5, 5.41) is 2.93. The van der Waals surface area contributed by atoms with Crippen LogP contribution < -0.4 is 10.2 Å². The minimum atomic E-state index is -0.145. The van der Waals surface area contributed by atoms with Crippen LogP contribution in [0.1, 0.15) is 36.2 Å². The Morgan fingerprint density at radius 2 is 2.07 bits per heavy atom.